The minimum atomic E-state index is -0.429. The van der Waals surface area contributed by atoms with Gasteiger partial charge in [0.1, 0.15) is 11.6 Å². The van der Waals surface area contributed by atoms with E-state index in [2.05, 4.69) is 31.5 Å². The molecule has 1 aromatic carbocycles. The van der Waals surface area contributed by atoms with Crippen LogP contribution >= 0.6 is 15.9 Å². The van der Waals surface area contributed by atoms with Crippen molar-refractivity contribution in [2.75, 3.05) is 17.2 Å². The summed E-state index contributed by atoms with van der Waals surface area (Å²) >= 11 is 3.46. The van der Waals surface area contributed by atoms with Crippen LogP contribution in [0.15, 0.2) is 34.8 Å². The van der Waals surface area contributed by atoms with E-state index in [9.17, 15) is 10.1 Å². The minimum absolute atomic E-state index is 0.00361. The molecular weight excluding hydrogens is 336 g/mol. The van der Waals surface area contributed by atoms with Gasteiger partial charge in [0, 0.05) is 16.7 Å². The zero-order valence-corrected chi connectivity index (χ0v) is 13.3. The first-order valence-electron chi connectivity index (χ1n) is 6.43. The second-order valence-electron chi connectivity index (χ2n) is 4.42. The SMILES string of the molecule is CCNc1cc([N+](=O)[O-])cc(Nc2cccc(Br)c2C)n1. The summed E-state index contributed by atoms with van der Waals surface area (Å²) in [5.74, 6) is 0.906. The van der Waals surface area contributed by atoms with Crippen LogP contribution in [0.5, 0.6) is 0 Å². The number of benzene rings is 1. The number of nitrogens with zero attached hydrogens (tertiary/aromatic N) is 2. The number of hydrogen-bond donors (Lipinski definition) is 2. The molecule has 21 heavy (non-hydrogen) atoms. The number of halogens is 1. The third-order valence-corrected chi connectivity index (χ3v) is 3.77. The predicted octanol–water partition coefficient (Wildman–Crippen LogP) is 4.24. The number of aromatic nitrogens is 1. The Kier molecular flexibility index (Phi) is 4.74. The van der Waals surface area contributed by atoms with E-state index < -0.39 is 4.92 Å². The second-order valence-corrected chi connectivity index (χ2v) is 5.27. The Balaban J connectivity index is 2.38. The molecule has 0 unspecified atom stereocenters. The van der Waals surface area contributed by atoms with Crippen molar-refractivity contribution in [3.63, 3.8) is 0 Å². The lowest BCUT2D eigenvalue weighted by Gasteiger charge is -2.11. The van der Waals surface area contributed by atoms with Gasteiger partial charge in [-0.15, -0.1) is 0 Å². The van der Waals surface area contributed by atoms with Crippen LogP contribution in [0.3, 0.4) is 0 Å². The molecular formula is C14H15BrN4O2. The Morgan fingerprint density at radius 1 is 1.33 bits per heavy atom. The van der Waals surface area contributed by atoms with Gasteiger partial charge < -0.3 is 10.6 Å². The topological polar surface area (TPSA) is 80.1 Å². The third kappa shape index (κ3) is 3.69. The van der Waals surface area contributed by atoms with Crippen LogP contribution in [-0.4, -0.2) is 16.5 Å². The molecule has 0 amide bonds. The molecule has 110 valence electrons. The first kappa shape index (κ1) is 15.2. The van der Waals surface area contributed by atoms with Crippen LogP contribution in [0.1, 0.15) is 12.5 Å². The van der Waals surface area contributed by atoms with Gasteiger partial charge in [-0.05, 0) is 31.5 Å². The summed E-state index contributed by atoms with van der Waals surface area (Å²) < 4.78 is 0.963. The number of nitrogens with one attached hydrogen (secondary N) is 2. The highest BCUT2D eigenvalue weighted by atomic mass is 79.9. The number of nitro groups is 1. The van der Waals surface area contributed by atoms with E-state index in [1.54, 1.807) is 0 Å². The Morgan fingerprint density at radius 3 is 2.71 bits per heavy atom. The van der Waals surface area contributed by atoms with Gasteiger partial charge in [0.2, 0.25) is 0 Å². The van der Waals surface area contributed by atoms with Crippen molar-refractivity contribution in [2.24, 2.45) is 0 Å². The Bertz CT molecular complexity index is 676. The molecule has 0 fully saturated rings. The maximum absolute atomic E-state index is 11.0. The normalized spacial score (nSPS) is 10.2. The molecule has 7 heteroatoms. The smallest absolute Gasteiger partial charge is 0.276 e. The molecule has 0 spiro atoms. The number of hydrogen-bond acceptors (Lipinski definition) is 5. The summed E-state index contributed by atoms with van der Waals surface area (Å²) in [6, 6.07) is 8.56. The minimum Gasteiger partial charge on any atom is -0.370 e. The van der Waals surface area contributed by atoms with Crippen molar-refractivity contribution in [1.82, 2.24) is 4.98 Å². The predicted molar refractivity (Wildman–Crippen MR) is 87.2 cm³/mol. The van der Waals surface area contributed by atoms with Crippen molar-refractivity contribution in [3.05, 3.63) is 50.5 Å². The Hall–Kier alpha value is -2.15. The highest BCUT2D eigenvalue weighted by Crippen LogP contribution is 2.28. The molecule has 2 rings (SSSR count). The van der Waals surface area contributed by atoms with Gasteiger partial charge >= 0.3 is 0 Å². The van der Waals surface area contributed by atoms with Crippen LogP contribution in [0.25, 0.3) is 0 Å². The van der Waals surface area contributed by atoms with E-state index in [0.29, 0.717) is 18.2 Å². The van der Waals surface area contributed by atoms with Gasteiger partial charge in [-0.25, -0.2) is 4.98 Å². The lowest BCUT2D eigenvalue weighted by molar-refractivity contribution is -0.384. The summed E-state index contributed by atoms with van der Waals surface area (Å²) in [6.07, 6.45) is 0. The van der Waals surface area contributed by atoms with Gasteiger partial charge in [0.05, 0.1) is 17.1 Å². The quantitative estimate of drug-likeness (QED) is 0.622. The number of rotatable bonds is 5. The molecule has 0 aliphatic carbocycles. The molecule has 2 N–H and O–H groups in total. The fraction of sp³-hybridized carbons (Fsp3) is 0.214. The summed E-state index contributed by atoms with van der Waals surface area (Å²) in [5.41, 5.74) is 1.85. The summed E-state index contributed by atoms with van der Waals surface area (Å²) in [7, 11) is 0. The maximum atomic E-state index is 11.0. The van der Waals surface area contributed by atoms with Crippen LogP contribution in [0.2, 0.25) is 0 Å². The first-order chi connectivity index (χ1) is 10.0. The van der Waals surface area contributed by atoms with E-state index in [-0.39, 0.29) is 5.69 Å². The van der Waals surface area contributed by atoms with E-state index in [4.69, 9.17) is 0 Å². The Morgan fingerprint density at radius 2 is 2.05 bits per heavy atom. The van der Waals surface area contributed by atoms with Gasteiger partial charge in [0.25, 0.3) is 5.69 Å². The van der Waals surface area contributed by atoms with Gasteiger partial charge in [0.15, 0.2) is 0 Å². The van der Waals surface area contributed by atoms with Crippen molar-refractivity contribution in [2.45, 2.75) is 13.8 Å². The molecule has 0 atom stereocenters. The molecule has 0 saturated heterocycles. The molecule has 6 nitrogen and oxygen atoms in total. The maximum Gasteiger partial charge on any atom is 0.276 e. The van der Waals surface area contributed by atoms with Crippen molar-refractivity contribution >= 4 is 38.9 Å². The first-order valence-corrected chi connectivity index (χ1v) is 7.23. The van der Waals surface area contributed by atoms with Crippen LogP contribution in [-0.2, 0) is 0 Å². The molecule has 1 aromatic heterocycles. The molecule has 2 aromatic rings. The number of pyridine rings is 1. The molecule has 0 bridgehead atoms. The van der Waals surface area contributed by atoms with Gasteiger partial charge in [-0.2, -0.15) is 0 Å². The van der Waals surface area contributed by atoms with Gasteiger partial charge in [-0.1, -0.05) is 22.0 Å². The van der Waals surface area contributed by atoms with Crippen LogP contribution in [0, 0.1) is 17.0 Å². The van der Waals surface area contributed by atoms with Crippen molar-refractivity contribution in [1.29, 1.82) is 0 Å². The molecule has 0 saturated carbocycles. The second kappa shape index (κ2) is 6.53. The molecule has 0 aliphatic heterocycles. The Labute approximate surface area is 130 Å². The largest absolute Gasteiger partial charge is 0.370 e. The summed E-state index contributed by atoms with van der Waals surface area (Å²) in [5, 5.41) is 17.1. The highest BCUT2D eigenvalue weighted by molar-refractivity contribution is 9.10. The van der Waals surface area contributed by atoms with E-state index in [1.807, 2.05) is 32.0 Å². The van der Waals surface area contributed by atoms with Crippen molar-refractivity contribution in [3.8, 4) is 0 Å². The molecule has 1 heterocycles. The van der Waals surface area contributed by atoms with E-state index in [1.165, 1.54) is 12.1 Å². The van der Waals surface area contributed by atoms with E-state index >= 15 is 0 Å². The highest BCUT2D eigenvalue weighted by Gasteiger charge is 2.12. The van der Waals surface area contributed by atoms with Gasteiger partial charge in [-0.3, -0.25) is 10.1 Å². The van der Waals surface area contributed by atoms with Crippen LogP contribution in [0.4, 0.5) is 23.0 Å². The molecule has 0 aliphatic rings. The van der Waals surface area contributed by atoms with E-state index in [0.717, 1.165) is 15.7 Å². The van der Waals surface area contributed by atoms with Crippen LogP contribution < -0.4 is 10.6 Å². The third-order valence-electron chi connectivity index (χ3n) is 2.91. The monoisotopic (exact) mass is 350 g/mol. The fourth-order valence-electron chi connectivity index (χ4n) is 1.84. The zero-order valence-electron chi connectivity index (χ0n) is 11.7. The zero-order chi connectivity index (χ0) is 15.4. The number of anilines is 3. The summed E-state index contributed by atoms with van der Waals surface area (Å²) in [4.78, 5) is 14.9. The lowest BCUT2D eigenvalue weighted by Crippen LogP contribution is -2.04. The van der Waals surface area contributed by atoms with Crippen molar-refractivity contribution < 1.29 is 4.92 Å². The lowest BCUT2D eigenvalue weighted by atomic mass is 10.2. The molecule has 0 radical (unpaired) electrons. The summed E-state index contributed by atoms with van der Waals surface area (Å²) in [6.45, 7) is 4.50. The standard InChI is InChI=1S/C14H15BrN4O2/c1-3-16-13-7-10(19(20)21)8-14(18-13)17-12-6-4-5-11(15)9(12)2/h4-8H,3H2,1-2H3,(H2,16,17,18). The average Bonchev–Trinajstić information content (AvgIpc) is 2.44. The average molecular weight is 351 g/mol. The fourth-order valence-corrected chi connectivity index (χ4v) is 2.20.